The van der Waals surface area contributed by atoms with Crippen LogP contribution in [0.1, 0.15) is 17.6 Å². The molecule has 0 radical (unpaired) electrons. The lowest BCUT2D eigenvalue weighted by Crippen LogP contribution is -1.97. The zero-order chi connectivity index (χ0) is 10.7. The van der Waals surface area contributed by atoms with Crippen LogP contribution in [0.15, 0.2) is 22.2 Å². The van der Waals surface area contributed by atoms with Gasteiger partial charge in [-0.15, -0.1) is 11.3 Å². The van der Waals surface area contributed by atoms with Gasteiger partial charge in [-0.05, 0) is 41.1 Å². The third-order valence-electron chi connectivity index (χ3n) is 1.94. The molecule has 2 rings (SSSR count). The summed E-state index contributed by atoms with van der Waals surface area (Å²) in [6.07, 6.45) is 7.64. The van der Waals surface area contributed by atoms with Gasteiger partial charge in [-0.2, -0.15) is 5.10 Å². The number of nitrogens with zero attached hydrogens (tertiary/aromatic N) is 3. The highest BCUT2D eigenvalue weighted by molar-refractivity contribution is 9.11. The number of hydrogen-bond donors (Lipinski definition) is 0. The Morgan fingerprint density at radius 2 is 2.40 bits per heavy atom. The second kappa shape index (κ2) is 4.72. The molecule has 15 heavy (non-hydrogen) atoms. The summed E-state index contributed by atoms with van der Waals surface area (Å²) in [6, 6.07) is 1.99. The molecule has 78 valence electrons. The first-order valence-corrected chi connectivity index (χ1v) is 6.22. The fraction of sp³-hybridized carbons (Fsp3) is 0.200. The maximum absolute atomic E-state index is 4.23. The van der Waals surface area contributed by atoms with E-state index < -0.39 is 0 Å². The van der Waals surface area contributed by atoms with Crippen LogP contribution < -0.4 is 0 Å². The molecule has 0 saturated heterocycles. The lowest BCUT2D eigenvalue weighted by molar-refractivity contribution is 0.654. The van der Waals surface area contributed by atoms with Crippen molar-refractivity contribution in [1.29, 1.82) is 0 Å². The first-order valence-electron chi connectivity index (χ1n) is 4.61. The molecule has 0 aliphatic rings. The van der Waals surface area contributed by atoms with Crippen molar-refractivity contribution in [2.24, 2.45) is 0 Å². The molecule has 2 heterocycles. The van der Waals surface area contributed by atoms with E-state index in [2.05, 4.69) is 32.9 Å². The fourth-order valence-corrected chi connectivity index (χ4v) is 2.40. The lowest BCUT2D eigenvalue weighted by Gasteiger charge is -1.97. The molecule has 0 aliphatic carbocycles. The van der Waals surface area contributed by atoms with Crippen molar-refractivity contribution in [3.8, 4) is 0 Å². The van der Waals surface area contributed by atoms with Crippen LogP contribution in [0.3, 0.4) is 0 Å². The minimum absolute atomic E-state index is 0.883. The Morgan fingerprint density at radius 1 is 1.53 bits per heavy atom. The molecule has 0 amide bonds. The summed E-state index contributed by atoms with van der Waals surface area (Å²) in [5, 5.41) is 5.18. The van der Waals surface area contributed by atoms with E-state index in [0.717, 1.165) is 21.0 Å². The van der Waals surface area contributed by atoms with Gasteiger partial charge < -0.3 is 0 Å². The Labute approximate surface area is 101 Å². The molecule has 0 aliphatic heterocycles. The maximum Gasteiger partial charge on any atom is 0.117 e. The van der Waals surface area contributed by atoms with Gasteiger partial charge in [-0.25, -0.2) is 4.98 Å². The third kappa shape index (κ3) is 2.54. The van der Waals surface area contributed by atoms with Gasteiger partial charge in [0.25, 0.3) is 0 Å². The van der Waals surface area contributed by atoms with Crippen LogP contribution in [0.25, 0.3) is 12.2 Å². The van der Waals surface area contributed by atoms with Gasteiger partial charge in [0.05, 0.1) is 15.7 Å². The molecule has 0 fully saturated rings. The van der Waals surface area contributed by atoms with Crippen molar-refractivity contribution in [1.82, 2.24) is 14.8 Å². The monoisotopic (exact) mass is 283 g/mol. The van der Waals surface area contributed by atoms with E-state index in [1.807, 2.05) is 29.1 Å². The molecule has 0 spiro atoms. The molecule has 2 aromatic rings. The fourth-order valence-electron chi connectivity index (χ4n) is 1.25. The summed E-state index contributed by atoms with van der Waals surface area (Å²) in [7, 11) is 0. The Bertz CT molecular complexity index is 472. The van der Waals surface area contributed by atoms with Gasteiger partial charge in [0.15, 0.2) is 0 Å². The number of aryl methyl sites for hydroxylation is 1. The molecule has 0 saturated carbocycles. The zero-order valence-electron chi connectivity index (χ0n) is 8.22. The molecular formula is C10H10BrN3S. The summed E-state index contributed by atoms with van der Waals surface area (Å²) in [4.78, 5) is 4.23. The van der Waals surface area contributed by atoms with Gasteiger partial charge in [-0.1, -0.05) is 0 Å². The quantitative estimate of drug-likeness (QED) is 0.866. The first kappa shape index (κ1) is 10.6. The van der Waals surface area contributed by atoms with E-state index in [0.29, 0.717) is 0 Å². The second-order valence-electron chi connectivity index (χ2n) is 2.91. The van der Waals surface area contributed by atoms with Crippen LogP contribution in [0.5, 0.6) is 0 Å². The molecule has 5 heteroatoms. The Balaban J connectivity index is 2.18. The summed E-state index contributed by atoms with van der Waals surface area (Å²) in [5.41, 5.74) is 1.10. The predicted molar refractivity (Wildman–Crippen MR) is 66.6 cm³/mol. The molecule has 0 unspecified atom stereocenters. The highest BCUT2D eigenvalue weighted by Crippen LogP contribution is 2.20. The van der Waals surface area contributed by atoms with E-state index in [-0.39, 0.29) is 0 Å². The van der Waals surface area contributed by atoms with Crippen molar-refractivity contribution in [3.05, 3.63) is 32.9 Å². The van der Waals surface area contributed by atoms with Crippen LogP contribution >= 0.6 is 27.3 Å². The molecule has 0 bridgehead atoms. The number of hydrogen-bond acceptors (Lipinski definition) is 3. The molecule has 0 N–H and O–H groups in total. The van der Waals surface area contributed by atoms with Crippen molar-refractivity contribution in [2.45, 2.75) is 13.5 Å². The Morgan fingerprint density at radius 3 is 3.07 bits per heavy atom. The van der Waals surface area contributed by atoms with Crippen LogP contribution in [0.4, 0.5) is 0 Å². The summed E-state index contributed by atoms with van der Waals surface area (Å²) in [6.45, 7) is 2.96. The van der Waals surface area contributed by atoms with E-state index in [1.165, 1.54) is 0 Å². The molecule has 2 aromatic heterocycles. The minimum Gasteiger partial charge on any atom is -0.266 e. The van der Waals surface area contributed by atoms with Crippen LogP contribution in [0, 0.1) is 0 Å². The number of halogens is 1. The minimum atomic E-state index is 0.883. The molecule has 0 aromatic carbocycles. The van der Waals surface area contributed by atoms with Gasteiger partial charge in [0, 0.05) is 12.7 Å². The molecule has 3 nitrogen and oxygen atoms in total. The zero-order valence-corrected chi connectivity index (χ0v) is 10.6. The average molecular weight is 284 g/mol. The first-order chi connectivity index (χ1) is 7.29. The van der Waals surface area contributed by atoms with Crippen molar-refractivity contribution in [3.63, 3.8) is 0 Å². The van der Waals surface area contributed by atoms with E-state index in [9.17, 15) is 0 Å². The number of thiazole rings is 1. The van der Waals surface area contributed by atoms with E-state index in [4.69, 9.17) is 0 Å². The highest BCUT2D eigenvalue weighted by Gasteiger charge is 1.97. The maximum atomic E-state index is 4.23. The van der Waals surface area contributed by atoms with Crippen molar-refractivity contribution in [2.75, 3.05) is 0 Å². The van der Waals surface area contributed by atoms with Crippen LogP contribution in [-0.2, 0) is 6.54 Å². The van der Waals surface area contributed by atoms with Gasteiger partial charge in [0.1, 0.15) is 5.01 Å². The smallest absolute Gasteiger partial charge is 0.117 e. The van der Waals surface area contributed by atoms with Crippen molar-refractivity contribution >= 4 is 39.4 Å². The normalized spacial score (nSPS) is 11.3. The Kier molecular flexibility index (Phi) is 3.33. The molecule has 0 atom stereocenters. The van der Waals surface area contributed by atoms with Crippen molar-refractivity contribution < 1.29 is 0 Å². The summed E-state index contributed by atoms with van der Waals surface area (Å²) in [5.74, 6) is 0. The predicted octanol–water partition coefficient (Wildman–Crippen LogP) is 3.29. The van der Waals surface area contributed by atoms with Crippen LogP contribution in [-0.4, -0.2) is 14.8 Å². The lowest BCUT2D eigenvalue weighted by atomic mass is 10.4. The van der Waals surface area contributed by atoms with E-state index >= 15 is 0 Å². The standard InChI is InChI=1S/C10H10BrN3S/c1-2-14-8(5-6-13-14)3-4-10-12-7-9(11)15-10/h3-7H,2H2,1H3. The summed E-state index contributed by atoms with van der Waals surface area (Å²) < 4.78 is 2.99. The topological polar surface area (TPSA) is 30.7 Å². The number of rotatable bonds is 3. The largest absolute Gasteiger partial charge is 0.266 e. The van der Waals surface area contributed by atoms with Gasteiger partial charge in [0.2, 0.25) is 0 Å². The van der Waals surface area contributed by atoms with Gasteiger partial charge >= 0.3 is 0 Å². The summed E-state index contributed by atoms with van der Waals surface area (Å²) >= 11 is 5.00. The third-order valence-corrected chi connectivity index (χ3v) is 3.38. The van der Waals surface area contributed by atoms with E-state index in [1.54, 1.807) is 17.5 Å². The second-order valence-corrected chi connectivity index (χ2v) is 5.35. The average Bonchev–Trinajstić information content (AvgIpc) is 2.83. The highest BCUT2D eigenvalue weighted by atomic mass is 79.9. The number of aromatic nitrogens is 3. The SMILES string of the molecule is CCn1nccc1C=Cc1ncc(Br)s1. The van der Waals surface area contributed by atoms with Gasteiger partial charge in [-0.3, -0.25) is 4.68 Å². The molecular weight excluding hydrogens is 274 g/mol. The van der Waals surface area contributed by atoms with Crippen LogP contribution in [0.2, 0.25) is 0 Å². The Hall–Kier alpha value is -0.940.